The van der Waals surface area contributed by atoms with Crippen molar-refractivity contribution in [2.75, 3.05) is 7.05 Å². The minimum Gasteiger partial charge on any atom is -0.481 e. The first kappa shape index (κ1) is 13.3. The number of nitrogens with zero attached hydrogens (tertiary/aromatic N) is 1. The summed E-state index contributed by atoms with van der Waals surface area (Å²) in [7, 11) is 1.35. The van der Waals surface area contributed by atoms with Crippen LogP contribution in [-0.2, 0) is 4.79 Å². The van der Waals surface area contributed by atoms with Gasteiger partial charge in [0, 0.05) is 6.04 Å². The van der Waals surface area contributed by atoms with Gasteiger partial charge in [0.05, 0.1) is 6.42 Å². The van der Waals surface area contributed by atoms with Crippen molar-refractivity contribution in [1.82, 2.24) is 4.90 Å². The normalized spacial score (nSPS) is 20.9. The number of hydrogen-bond acceptors (Lipinski definition) is 2. The zero-order chi connectivity index (χ0) is 12.5. The van der Waals surface area contributed by atoms with Crippen LogP contribution in [0.3, 0.4) is 0 Å². The van der Waals surface area contributed by atoms with E-state index in [9.17, 15) is 18.0 Å². The second-order valence-corrected chi connectivity index (χ2v) is 4.40. The summed E-state index contributed by atoms with van der Waals surface area (Å²) in [5.74, 6) is -1.14. The number of halogens is 3. The van der Waals surface area contributed by atoms with E-state index >= 15 is 0 Å². The quantitative estimate of drug-likeness (QED) is 0.798. The predicted molar refractivity (Wildman–Crippen MR) is 52.0 cm³/mol. The Hall–Kier alpha value is -0.780. The van der Waals surface area contributed by atoms with Crippen LogP contribution in [0.25, 0.3) is 0 Å². The average molecular weight is 239 g/mol. The minimum absolute atomic E-state index is 0.217. The van der Waals surface area contributed by atoms with Gasteiger partial charge < -0.3 is 5.11 Å². The van der Waals surface area contributed by atoms with Crippen molar-refractivity contribution < 1.29 is 23.1 Å². The molecule has 1 saturated carbocycles. The third-order valence-corrected chi connectivity index (χ3v) is 3.18. The molecule has 0 aliphatic heterocycles. The van der Waals surface area contributed by atoms with Crippen LogP contribution in [0.4, 0.5) is 13.2 Å². The van der Waals surface area contributed by atoms with Crippen LogP contribution < -0.4 is 0 Å². The molecule has 0 heterocycles. The maximum absolute atomic E-state index is 12.7. The van der Waals surface area contributed by atoms with E-state index in [2.05, 4.69) is 0 Å². The highest BCUT2D eigenvalue weighted by atomic mass is 19.4. The summed E-state index contributed by atoms with van der Waals surface area (Å²) in [6.07, 6.45) is -3.51. The van der Waals surface area contributed by atoms with Gasteiger partial charge in [-0.25, -0.2) is 0 Å². The maximum atomic E-state index is 12.7. The lowest BCUT2D eigenvalue weighted by Crippen LogP contribution is -2.49. The molecule has 0 bridgehead atoms. The molecule has 1 aliphatic rings. The van der Waals surface area contributed by atoms with E-state index in [1.54, 1.807) is 6.92 Å². The molecule has 16 heavy (non-hydrogen) atoms. The fraction of sp³-hybridized carbons (Fsp3) is 0.900. The Morgan fingerprint density at radius 1 is 1.50 bits per heavy atom. The summed E-state index contributed by atoms with van der Waals surface area (Å²) in [5.41, 5.74) is 0. The van der Waals surface area contributed by atoms with E-state index in [0.717, 1.165) is 17.7 Å². The molecule has 1 N–H and O–H groups in total. The predicted octanol–water partition coefficient (Wildman–Crippen LogP) is 2.12. The topological polar surface area (TPSA) is 40.5 Å². The molecule has 0 aromatic carbocycles. The lowest BCUT2D eigenvalue weighted by molar-refractivity contribution is -0.192. The molecule has 1 rings (SSSR count). The van der Waals surface area contributed by atoms with Crippen molar-refractivity contribution >= 4 is 5.97 Å². The van der Waals surface area contributed by atoms with E-state index < -0.39 is 24.6 Å². The summed E-state index contributed by atoms with van der Waals surface area (Å²) < 4.78 is 38.0. The number of rotatable bonds is 5. The van der Waals surface area contributed by atoms with Crippen molar-refractivity contribution in [2.24, 2.45) is 5.92 Å². The molecule has 0 saturated heterocycles. The van der Waals surface area contributed by atoms with E-state index in [1.807, 2.05) is 0 Å². The fourth-order valence-electron chi connectivity index (χ4n) is 1.85. The number of carboxylic acids is 1. The molecular formula is C10H16F3NO2. The number of carboxylic acid groups (broad SMARTS) is 1. The highest BCUT2D eigenvalue weighted by Gasteiger charge is 2.46. The molecule has 6 heteroatoms. The van der Waals surface area contributed by atoms with E-state index in [4.69, 9.17) is 5.11 Å². The number of hydrogen-bond donors (Lipinski definition) is 1. The molecule has 0 aromatic heterocycles. The summed E-state index contributed by atoms with van der Waals surface area (Å²) in [6.45, 7) is 1.72. The number of aliphatic carboxylic acids is 1. The third-order valence-electron chi connectivity index (χ3n) is 3.18. The van der Waals surface area contributed by atoms with Gasteiger partial charge in [0.1, 0.15) is 6.04 Å². The second-order valence-electron chi connectivity index (χ2n) is 4.40. The SMILES string of the molecule is CC(C1CC1)N(C)C(CC(=O)O)C(F)(F)F. The van der Waals surface area contributed by atoms with Crippen LogP contribution in [-0.4, -0.2) is 41.3 Å². The van der Waals surface area contributed by atoms with Gasteiger partial charge in [0.25, 0.3) is 0 Å². The van der Waals surface area contributed by atoms with Gasteiger partial charge in [0.2, 0.25) is 0 Å². The van der Waals surface area contributed by atoms with Crippen LogP contribution in [0.1, 0.15) is 26.2 Å². The molecule has 0 aromatic rings. The highest BCUT2D eigenvalue weighted by Crippen LogP contribution is 2.37. The molecule has 1 aliphatic carbocycles. The first-order valence-electron chi connectivity index (χ1n) is 5.24. The molecular weight excluding hydrogens is 223 g/mol. The summed E-state index contributed by atoms with van der Waals surface area (Å²) in [5, 5.41) is 8.51. The van der Waals surface area contributed by atoms with Crippen LogP contribution in [0.15, 0.2) is 0 Å². The monoisotopic (exact) mass is 239 g/mol. The molecule has 1 fully saturated rings. The molecule has 0 radical (unpaired) electrons. The van der Waals surface area contributed by atoms with E-state index in [-0.39, 0.29) is 12.0 Å². The van der Waals surface area contributed by atoms with Crippen molar-refractivity contribution in [1.29, 1.82) is 0 Å². The Bertz CT molecular complexity index is 263. The zero-order valence-corrected chi connectivity index (χ0v) is 9.29. The Kier molecular flexibility index (Phi) is 3.83. The number of carbonyl (C=O) groups is 1. The summed E-state index contributed by atoms with van der Waals surface area (Å²) in [4.78, 5) is 11.6. The summed E-state index contributed by atoms with van der Waals surface area (Å²) >= 11 is 0. The average Bonchev–Trinajstić information content (AvgIpc) is 2.92. The first-order valence-corrected chi connectivity index (χ1v) is 5.24. The largest absolute Gasteiger partial charge is 0.481 e. The molecule has 2 atom stereocenters. The molecule has 94 valence electrons. The smallest absolute Gasteiger partial charge is 0.404 e. The van der Waals surface area contributed by atoms with Crippen molar-refractivity contribution in [3.63, 3.8) is 0 Å². The van der Waals surface area contributed by atoms with Crippen LogP contribution >= 0.6 is 0 Å². The lowest BCUT2D eigenvalue weighted by Gasteiger charge is -2.33. The lowest BCUT2D eigenvalue weighted by atomic mass is 10.1. The van der Waals surface area contributed by atoms with Gasteiger partial charge in [-0.15, -0.1) is 0 Å². The molecule has 0 spiro atoms. The van der Waals surface area contributed by atoms with Crippen molar-refractivity contribution in [2.45, 2.75) is 44.4 Å². The van der Waals surface area contributed by atoms with E-state index in [1.165, 1.54) is 7.05 Å². The number of alkyl halides is 3. The van der Waals surface area contributed by atoms with Gasteiger partial charge in [0.15, 0.2) is 0 Å². The van der Waals surface area contributed by atoms with Crippen LogP contribution in [0.5, 0.6) is 0 Å². The third kappa shape index (κ3) is 3.37. The summed E-state index contributed by atoms with van der Waals surface area (Å²) in [6, 6.07) is -2.11. The van der Waals surface area contributed by atoms with Crippen LogP contribution in [0, 0.1) is 5.92 Å². The van der Waals surface area contributed by atoms with E-state index in [0.29, 0.717) is 0 Å². The standard InChI is InChI=1S/C10H16F3NO2/c1-6(7-3-4-7)14(2)8(5-9(15)16)10(11,12)13/h6-8H,3-5H2,1-2H3,(H,15,16). The van der Waals surface area contributed by atoms with Crippen LogP contribution in [0.2, 0.25) is 0 Å². The Labute approximate surface area is 92.2 Å². The Morgan fingerprint density at radius 3 is 2.31 bits per heavy atom. The Balaban J connectivity index is 2.70. The second kappa shape index (κ2) is 4.61. The fourth-order valence-corrected chi connectivity index (χ4v) is 1.85. The zero-order valence-electron chi connectivity index (χ0n) is 9.29. The molecule has 2 unspecified atom stereocenters. The molecule has 3 nitrogen and oxygen atoms in total. The van der Waals surface area contributed by atoms with Gasteiger partial charge >= 0.3 is 12.1 Å². The van der Waals surface area contributed by atoms with Gasteiger partial charge in [-0.05, 0) is 32.7 Å². The minimum atomic E-state index is -4.49. The Morgan fingerprint density at radius 2 is 2.00 bits per heavy atom. The van der Waals surface area contributed by atoms with Crippen molar-refractivity contribution in [3.05, 3.63) is 0 Å². The van der Waals surface area contributed by atoms with Crippen molar-refractivity contribution in [3.8, 4) is 0 Å². The maximum Gasteiger partial charge on any atom is 0.404 e. The van der Waals surface area contributed by atoms with Gasteiger partial charge in [-0.3, -0.25) is 9.69 Å². The van der Waals surface area contributed by atoms with Gasteiger partial charge in [-0.1, -0.05) is 0 Å². The van der Waals surface area contributed by atoms with Gasteiger partial charge in [-0.2, -0.15) is 13.2 Å². The highest BCUT2D eigenvalue weighted by molar-refractivity contribution is 5.67. The molecule has 0 amide bonds. The first-order chi connectivity index (χ1) is 7.23.